The fourth-order valence-electron chi connectivity index (χ4n) is 4.69. The summed E-state index contributed by atoms with van der Waals surface area (Å²) in [6, 6.07) is 9.73. The van der Waals surface area contributed by atoms with Gasteiger partial charge in [-0.15, -0.1) is 0 Å². The van der Waals surface area contributed by atoms with E-state index in [9.17, 15) is 9.59 Å². The number of carbonyl (C=O) groups excluding carboxylic acids is 2. The van der Waals surface area contributed by atoms with Crippen LogP contribution in [0, 0.1) is 23.7 Å². The standard InChI is InChI=1S/C17H19NO2/c1-10(11-5-3-2-4-6-11)18-16(19)14-12-7-8-13(9-12)15(14)17(18)20/h2-6,10,12-15H,7-9H2,1H3/t10-,12-,13-,14-,15+/m0/s1. The lowest BCUT2D eigenvalue weighted by atomic mass is 9.81. The summed E-state index contributed by atoms with van der Waals surface area (Å²) in [6.45, 7) is 1.97. The van der Waals surface area contributed by atoms with Crippen LogP contribution in [0.3, 0.4) is 0 Å². The van der Waals surface area contributed by atoms with Crippen LogP contribution in [0.5, 0.6) is 0 Å². The van der Waals surface area contributed by atoms with Crippen LogP contribution < -0.4 is 0 Å². The normalized spacial score (nSPS) is 36.5. The molecule has 1 saturated heterocycles. The molecule has 0 N–H and O–H groups in total. The maximum absolute atomic E-state index is 12.7. The van der Waals surface area contributed by atoms with Crippen molar-refractivity contribution in [3.8, 4) is 0 Å². The Labute approximate surface area is 119 Å². The molecule has 0 aromatic heterocycles. The maximum Gasteiger partial charge on any atom is 0.233 e. The second-order valence-electron chi connectivity index (χ2n) is 6.52. The molecule has 3 fully saturated rings. The zero-order chi connectivity index (χ0) is 13.9. The number of benzene rings is 1. The third kappa shape index (κ3) is 1.46. The van der Waals surface area contributed by atoms with Gasteiger partial charge in [0.25, 0.3) is 0 Å². The average Bonchev–Trinajstić information content (AvgIpc) is 3.14. The average molecular weight is 269 g/mol. The second-order valence-corrected chi connectivity index (χ2v) is 6.52. The summed E-state index contributed by atoms with van der Waals surface area (Å²) in [5.74, 6) is 1.09. The Bertz CT molecular complexity index is 540. The van der Waals surface area contributed by atoms with Gasteiger partial charge < -0.3 is 0 Å². The predicted molar refractivity (Wildman–Crippen MR) is 74.5 cm³/mol. The van der Waals surface area contributed by atoms with Crippen LogP contribution in [0.4, 0.5) is 0 Å². The molecule has 0 spiro atoms. The molecule has 2 aliphatic carbocycles. The van der Waals surface area contributed by atoms with E-state index in [-0.39, 0.29) is 29.7 Å². The lowest BCUT2D eigenvalue weighted by Gasteiger charge is -2.24. The van der Waals surface area contributed by atoms with Gasteiger partial charge in [-0.25, -0.2) is 0 Å². The Morgan fingerprint density at radius 1 is 1.00 bits per heavy atom. The van der Waals surface area contributed by atoms with E-state index >= 15 is 0 Å². The first-order chi connectivity index (χ1) is 9.68. The minimum atomic E-state index is -0.138. The van der Waals surface area contributed by atoms with Crippen LogP contribution in [0.25, 0.3) is 0 Å². The smallest absolute Gasteiger partial charge is 0.233 e. The molecule has 1 aromatic carbocycles. The van der Waals surface area contributed by atoms with Crippen LogP contribution in [-0.4, -0.2) is 16.7 Å². The summed E-state index contributed by atoms with van der Waals surface area (Å²) in [5, 5.41) is 0. The van der Waals surface area contributed by atoms with Crippen molar-refractivity contribution in [2.24, 2.45) is 23.7 Å². The van der Waals surface area contributed by atoms with Gasteiger partial charge in [-0.2, -0.15) is 0 Å². The number of fused-ring (bicyclic) bond motifs is 5. The number of rotatable bonds is 2. The number of amides is 2. The number of nitrogens with zero attached hydrogens (tertiary/aromatic N) is 1. The van der Waals surface area contributed by atoms with Gasteiger partial charge in [0.1, 0.15) is 0 Å². The lowest BCUT2D eigenvalue weighted by Crippen LogP contribution is -2.35. The summed E-state index contributed by atoms with van der Waals surface area (Å²) in [4.78, 5) is 27.0. The van der Waals surface area contributed by atoms with E-state index in [1.54, 1.807) is 4.90 Å². The highest BCUT2D eigenvalue weighted by Crippen LogP contribution is 2.57. The van der Waals surface area contributed by atoms with Crippen molar-refractivity contribution < 1.29 is 9.59 Å². The highest BCUT2D eigenvalue weighted by Gasteiger charge is 2.61. The molecule has 3 nitrogen and oxygen atoms in total. The summed E-state index contributed by atoms with van der Waals surface area (Å²) in [5.41, 5.74) is 1.04. The van der Waals surface area contributed by atoms with Gasteiger partial charge in [0.05, 0.1) is 17.9 Å². The fraction of sp³-hybridized carbons (Fsp3) is 0.529. The van der Waals surface area contributed by atoms with Crippen molar-refractivity contribution in [2.45, 2.75) is 32.2 Å². The van der Waals surface area contributed by atoms with E-state index in [1.165, 1.54) is 0 Å². The first kappa shape index (κ1) is 12.1. The monoisotopic (exact) mass is 269 g/mol. The Kier molecular flexibility index (Phi) is 2.53. The number of carbonyl (C=O) groups is 2. The van der Waals surface area contributed by atoms with Gasteiger partial charge in [-0.1, -0.05) is 30.3 Å². The summed E-state index contributed by atoms with van der Waals surface area (Å²) < 4.78 is 0. The molecule has 2 bridgehead atoms. The van der Waals surface area contributed by atoms with Crippen molar-refractivity contribution in [3.05, 3.63) is 35.9 Å². The highest BCUT2D eigenvalue weighted by atomic mass is 16.2. The van der Waals surface area contributed by atoms with Gasteiger partial charge in [-0.3, -0.25) is 14.5 Å². The molecule has 3 heteroatoms. The van der Waals surface area contributed by atoms with Gasteiger partial charge >= 0.3 is 0 Å². The minimum absolute atomic E-state index is 0.00703. The summed E-state index contributed by atoms with van der Waals surface area (Å²) in [6.07, 6.45) is 3.37. The molecule has 1 aliphatic heterocycles. The molecule has 20 heavy (non-hydrogen) atoms. The predicted octanol–water partition coefficient (Wildman–Crippen LogP) is 2.78. The first-order valence-electron chi connectivity index (χ1n) is 7.60. The Balaban J connectivity index is 1.67. The molecule has 1 aromatic rings. The van der Waals surface area contributed by atoms with Crippen LogP contribution in [0.15, 0.2) is 30.3 Å². The van der Waals surface area contributed by atoms with E-state index in [0.717, 1.165) is 24.8 Å². The highest BCUT2D eigenvalue weighted by molar-refractivity contribution is 6.06. The second kappa shape index (κ2) is 4.18. The Hall–Kier alpha value is -1.64. The van der Waals surface area contributed by atoms with Crippen molar-refractivity contribution in [1.29, 1.82) is 0 Å². The molecule has 2 amide bonds. The zero-order valence-corrected chi connectivity index (χ0v) is 11.7. The third-order valence-corrected chi connectivity index (χ3v) is 5.63. The van der Waals surface area contributed by atoms with Crippen LogP contribution in [-0.2, 0) is 9.59 Å². The van der Waals surface area contributed by atoms with Gasteiger partial charge in [0.15, 0.2) is 0 Å². The Morgan fingerprint density at radius 3 is 2.10 bits per heavy atom. The third-order valence-electron chi connectivity index (χ3n) is 5.63. The van der Waals surface area contributed by atoms with Gasteiger partial charge in [0.2, 0.25) is 11.8 Å². The molecule has 0 unspecified atom stereocenters. The molecule has 104 valence electrons. The number of imide groups is 1. The van der Waals surface area contributed by atoms with E-state index in [2.05, 4.69) is 0 Å². The van der Waals surface area contributed by atoms with E-state index in [4.69, 9.17) is 0 Å². The largest absolute Gasteiger partial charge is 0.275 e. The van der Waals surface area contributed by atoms with Gasteiger partial charge in [-0.05, 0) is 43.6 Å². The van der Waals surface area contributed by atoms with E-state index in [0.29, 0.717) is 11.8 Å². The fourth-order valence-corrected chi connectivity index (χ4v) is 4.69. The molecular weight excluding hydrogens is 250 g/mol. The van der Waals surface area contributed by atoms with Crippen LogP contribution in [0.1, 0.15) is 37.8 Å². The SMILES string of the molecule is C[C@@H](c1ccccc1)N1C(=O)[C@@H]2[C@H]3CC[C@@H](C3)[C@@H]2C1=O. The summed E-state index contributed by atoms with van der Waals surface area (Å²) >= 11 is 0. The molecule has 1 heterocycles. The van der Waals surface area contributed by atoms with Gasteiger partial charge in [0, 0.05) is 0 Å². The van der Waals surface area contributed by atoms with Crippen molar-refractivity contribution in [2.75, 3.05) is 0 Å². The van der Waals surface area contributed by atoms with E-state index in [1.807, 2.05) is 37.3 Å². The molecule has 0 radical (unpaired) electrons. The Morgan fingerprint density at radius 2 is 1.55 bits per heavy atom. The summed E-state index contributed by atoms with van der Waals surface area (Å²) in [7, 11) is 0. The topological polar surface area (TPSA) is 37.4 Å². The molecule has 3 aliphatic rings. The molecule has 5 atom stereocenters. The van der Waals surface area contributed by atoms with Crippen molar-refractivity contribution in [1.82, 2.24) is 4.90 Å². The number of hydrogen-bond donors (Lipinski definition) is 0. The lowest BCUT2D eigenvalue weighted by molar-refractivity contribution is -0.143. The van der Waals surface area contributed by atoms with Crippen molar-refractivity contribution in [3.63, 3.8) is 0 Å². The minimum Gasteiger partial charge on any atom is -0.275 e. The van der Waals surface area contributed by atoms with E-state index < -0.39 is 0 Å². The number of hydrogen-bond acceptors (Lipinski definition) is 2. The molecule has 4 rings (SSSR count). The maximum atomic E-state index is 12.7. The zero-order valence-electron chi connectivity index (χ0n) is 11.7. The molecular formula is C17H19NO2. The quantitative estimate of drug-likeness (QED) is 0.774. The van der Waals surface area contributed by atoms with Crippen LogP contribution in [0.2, 0.25) is 0 Å². The first-order valence-corrected chi connectivity index (χ1v) is 7.60. The molecule has 2 saturated carbocycles. The number of likely N-dealkylation sites (tertiary alicyclic amines) is 1. The van der Waals surface area contributed by atoms with Crippen LogP contribution >= 0.6 is 0 Å². The van der Waals surface area contributed by atoms with Crippen molar-refractivity contribution >= 4 is 11.8 Å².